The number of rotatable bonds is 8. The van der Waals surface area contributed by atoms with Crippen LogP contribution in [0.2, 0.25) is 0 Å². The van der Waals surface area contributed by atoms with E-state index < -0.39 is 0 Å². The summed E-state index contributed by atoms with van der Waals surface area (Å²) in [4.78, 5) is 14.5. The summed E-state index contributed by atoms with van der Waals surface area (Å²) in [5.74, 6) is 1.68. The maximum atomic E-state index is 12.3. The van der Waals surface area contributed by atoms with Crippen LogP contribution in [-0.2, 0) is 4.79 Å². The molecule has 1 heterocycles. The summed E-state index contributed by atoms with van der Waals surface area (Å²) in [6, 6.07) is 13.9. The number of amides is 1. The first-order valence-corrected chi connectivity index (χ1v) is 10.9. The van der Waals surface area contributed by atoms with Gasteiger partial charge in [0.15, 0.2) is 0 Å². The summed E-state index contributed by atoms with van der Waals surface area (Å²) < 4.78 is 12.2. The van der Waals surface area contributed by atoms with Crippen molar-refractivity contribution in [2.24, 2.45) is 0 Å². The lowest BCUT2D eigenvalue weighted by atomic mass is 10.1. The molecular weight excluding hydrogens is 402 g/mol. The van der Waals surface area contributed by atoms with E-state index in [1.807, 2.05) is 49.4 Å². The quantitative estimate of drug-likeness (QED) is 0.322. The van der Waals surface area contributed by atoms with Gasteiger partial charge in [0.2, 0.25) is 0 Å². The Kier molecular flexibility index (Phi) is 7.34. The van der Waals surface area contributed by atoms with Crippen LogP contribution in [0.1, 0.15) is 30.0 Å². The van der Waals surface area contributed by atoms with Gasteiger partial charge in [0, 0.05) is 13.0 Å². The van der Waals surface area contributed by atoms with Crippen LogP contribution in [0.25, 0.3) is 6.08 Å². The second-order valence-electron chi connectivity index (χ2n) is 6.87. The topological polar surface area (TPSA) is 38.8 Å². The highest BCUT2D eigenvalue weighted by Crippen LogP contribution is 2.32. The van der Waals surface area contributed by atoms with Crippen LogP contribution in [0.15, 0.2) is 47.4 Å². The molecule has 0 aromatic heterocycles. The van der Waals surface area contributed by atoms with Crippen molar-refractivity contribution in [3.05, 3.63) is 64.1 Å². The number of thioether (sulfide) groups is 1. The average molecular weight is 428 g/mol. The first-order chi connectivity index (χ1) is 14.0. The number of aryl methyl sites for hydroxylation is 2. The van der Waals surface area contributed by atoms with Crippen molar-refractivity contribution in [3.8, 4) is 11.5 Å². The Morgan fingerprint density at radius 3 is 2.21 bits per heavy atom. The van der Waals surface area contributed by atoms with Crippen LogP contribution >= 0.6 is 24.0 Å². The maximum Gasteiger partial charge on any atom is 0.266 e. The molecule has 0 unspecified atom stereocenters. The number of hydrogen-bond acceptors (Lipinski definition) is 5. The van der Waals surface area contributed by atoms with E-state index in [1.165, 1.54) is 22.9 Å². The van der Waals surface area contributed by atoms with Gasteiger partial charge in [0.25, 0.3) is 5.91 Å². The number of benzene rings is 2. The highest BCUT2D eigenvalue weighted by atomic mass is 32.2. The van der Waals surface area contributed by atoms with Crippen LogP contribution in [0.5, 0.6) is 11.5 Å². The summed E-state index contributed by atoms with van der Waals surface area (Å²) in [6.07, 6.45) is 2.67. The molecule has 0 spiro atoms. The molecule has 1 amide bonds. The number of hydrogen-bond donors (Lipinski definition) is 0. The van der Waals surface area contributed by atoms with Gasteiger partial charge in [-0.05, 0) is 67.8 Å². The Balaban J connectivity index is 1.45. The molecule has 0 radical (unpaired) electrons. The molecule has 1 fully saturated rings. The van der Waals surface area contributed by atoms with E-state index in [0.717, 1.165) is 23.5 Å². The molecular formula is C23H25NO3S2. The third-order valence-corrected chi connectivity index (χ3v) is 5.77. The van der Waals surface area contributed by atoms with Crippen LogP contribution < -0.4 is 9.47 Å². The van der Waals surface area contributed by atoms with E-state index in [2.05, 4.69) is 19.9 Å². The minimum Gasteiger partial charge on any atom is -0.493 e. The van der Waals surface area contributed by atoms with Gasteiger partial charge in [0.1, 0.15) is 15.8 Å². The summed E-state index contributed by atoms with van der Waals surface area (Å²) >= 11 is 6.59. The van der Waals surface area contributed by atoms with Gasteiger partial charge in [-0.15, -0.1) is 0 Å². The van der Waals surface area contributed by atoms with Gasteiger partial charge in [-0.3, -0.25) is 9.69 Å². The van der Waals surface area contributed by atoms with Gasteiger partial charge in [-0.25, -0.2) is 0 Å². The predicted molar refractivity (Wildman–Crippen MR) is 124 cm³/mol. The summed E-state index contributed by atoms with van der Waals surface area (Å²) in [5, 5.41) is 0. The van der Waals surface area contributed by atoms with Crippen molar-refractivity contribution >= 4 is 40.3 Å². The monoisotopic (exact) mass is 427 g/mol. The second kappa shape index (κ2) is 9.94. The highest BCUT2D eigenvalue weighted by molar-refractivity contribution is 8.26. The fourth-order valence-electron chi connectivity index (χ4n) is 3.04. The minimum absolute atomic E-state index is 0.0216. The molecule has 0 aliphatic carbocycles. The number of carbonyl (C=O) groups is 1. The van der Waals surface area contributed by atoms with Crippen molar-refractivity contribution in [1.29, 1.82) is 0 Å². The number of carbonyl (C=O) groups excluding carboxylic acids is 1. The van der Waals surface area contributed by atoms with Gasteiger partial charge in [-0.1, -0.05) is 42.2 Å². The van der Waals surface area contributed by atoms with Gasteiger partial charge in [0.05, 0.1) is 18.1 Å². The summed E-state index contributed by atoms with van der Waals surface area (Å²) in [5.41, 5.74) is 3.36. The first kappa shape index (κ1) is 21.4. The number of likely N-dealkylation sites (N-methyl/N-ethyl adjacent to an activating group) is 1. The van der Waals surface area contributed by atoms with Crippen molar-refractivity contribution < 1.29 is 14.3 Å². The average Bonchev–Trinajstić information content (AvgIpc) is 2.94. The Labute approximate surface area is 181 Å². The Bertz CT molecular complexity index is 902. The van der Waals surface area contributed by atoms with Gasteiger partial charge in [-0.2, -0.15) is 0 Å². The van der Waals surface area contributed by atoms with Crippen molar-refractivity contribution in [2.75, 3.05) is 19.8 Å². The van der Waals surface area contributed by atoms with Crippen molar-refractivity contribution in [3.63, 3.8) is 0 Å². The molecule has 2 aromatic carbocycles. The third kappa shape index (κ3) is 5.84. The van der Waals surface area contributed by atoms with Crippen LogP contribution in [-0.4, -0.2) is 34.9 Å². The fraction of sp³-hybridized carbons (Fsp3) is 0.304. The number of ether oxygens (including phenoxy) is 2. The predicted octanol–water partition coefficient (Wildman–Crippen LogP) is 5.37. The van der Waals surface area contributed by atoms with E-state index in [4.69, 9.17) is 21.7 Å². The standard InChI is InChI=1S/C23H25NO3S2/c1-4-24-22(25)21(29-23(24)28)15-18-6-8-19(9-7-18)26-10-5-11-27-20-13-16(2)12-17(3)14-20/h6-9,12-15H,4-5,10-11H2,1-3H3. The smallest absolute Gasteiger partial charge is 0.266 e. The third-order valence-electron chi connectivity index (χ3n) is 4.39. The minimum atomic E-state index is -0.0216. The van der Waals surface area contributed by atoms with E-state index >= 15 is 0 Å². The highest BCUT2D eigenvalue weighted by Gasteiger charge is 2.30. The molecule has 0 bridgehead atoms. The first-order valence-electron chi connectivity index (χ1n) is 9.65. The Morgan fingerprint density at radius 2 is 1.62 bits per heavy atom. The van der Waals surface area contributed by atoms with E-state index in [-0.39, 0.29) is 5.91 Å². The van der Waals surface area contributed by atoms with E-state index in [0.29, 0.717) is 29.0 Å². The molecule has 152 valence electrons. The lowest BCUT2D eigenvalue weighted by Gasteiger charge is -2.10. The molecule has 1 aliphatic heterocycles. The van der Waals surface area contributed by atoms with Crippen LogP contribution in [0, 0.1) is 13.8 Å². The van der Waals surface area contributed by atoms with Crippen LogP contribution in [0.3, 0.4) is 0 Å². The molecule has 3 rings (SSSR count). The number of thiocarbonyl (C=S) groups is 1. The fourth-order valence-corrected chi connectivity index (χ4v) is 4.42. The molecule has 2 aromatic rings. The molecule has 0 atom stereocenters. The second-order valence-corrected chi connectivity index (χ2v) is 8.54. The molecule has 4 nitrogen and oxygen atoms in total. The lowest BCUT2D eigenvalue weighted by molar-refractivity contribution is -0.121. The number of nitrogens with zero attached hydrogens (tertiary/aromatic N) is 1. The van der Waals surface area contributed by atoms with E-state index in [1.54, 1.807) is 4.90 Å². The van der Waals surface area contributed by atoms with Gasteiger partial charge < -0.3 is 9.47 Å². The zero-order valence-corrected chi connectivity index (χ0v) is 18.6. The SMILES string of the molecule is CCN1C(=O)C(=Cc2ccc(OCCCOc3cc(C)cc(C)c3)cc2)SC1=S. The molecule has 29 heavy (non-hydrogen) atoms. The van der Waals surface area contributed by atoms with E-state index in [9.17, 15) is 4.79 Å². The Morgan fingerprint density at radius 1 is 1.00 bits per heavy atom. The molecule has 1 aliphatic rings. The molecule has 0 saturated carbocycles. The largest absolute Gasteiger partial charge is 0.493 e. The zero-order valence-electron chi connectivity index (χ0n) is 16.9. The summed E-state index contributed by atoms with van der Waals surface area (Å²) in [7, 11) is 0. The van der Waals surface area contributed by atoms with Gasteiger partial charge >= 0.3 is 0 Å². The Hall–Kier alpha value is -2.31. The van der Waals surface area contributed by atoms with Crippen molar-refractivity contribution in [2.45, 2.75) is 27.2 Å². The summed E-state index contributed by atoms with van der Waals surface area (Å²) in [6.45, 7) is 7.85. The molecule has 0 N–H and O–H groups in total. The molecule has 6 heteroatoms. The normalized spacial score (nSPS) is 15.3. The zero-order chi connectivity index (χ0) is 20.8. The lowest BCUT2D eigenvalue weighted by Crippen LogP contribution is -2.27. The van der Waals surface area contributed by atoms with Crippen LogP contribution in [0.4, 0.5) is 0 Å². The maximum absolute atomic E-state index is 12.3. The van der Waals surface area contributed by atoms with Crippen molar-refractivity contribution in [1.82, 2.24) is 4.90 Å². The molecule has 1 saturated heterocycles.